The number of ether oxygens (including phenoxy) is 1. The van der Waals surface area contributed by atoms with Crippen molar-refractivity contribution in [2.75, 3.05) is 19.7 Å². The molecule has 0 unspecified atom stereocenters. The third-order valence-electron chi connectivity index (χ3n) is 6.23. The number of nitrogens with zero attached hydrogens (tertiary/aromatic N) is 4. The van der Waals surface area contributed by atoms with E-state index >= 15 is 0 Å². The van der Waals surface area contributed by atoms with Gasteiger partial charge in [-0.05, 0) is 60.5 Å². The molecule has 0 saturated carbocycles. The Labute approximate surface area is 190 Å². The van der Waals surface area contributed by atoms with Crippen LogP contribution in [0.3, 0.4) is 0 Å². The van der Waals surface area contributed by atoms with Crippen molar-refractivity contribution in [1.82, 2.24) is 4.90 Å². The maximum absolute atomic E-state index is 8.52. The molecule has 164 valence electrons. The predicted octanol–water partition coefficient (Wildman–Crippen LogP) is 7.04. The van der Waals surface area contributed by atoms with Crippen LogP contribution >= 0.6 is 0 Å². The average molecular weight is 427 g/mol. The molecule has 3 aromatic carbocycles. The highest BCUT2D eigenvalue weighted by atomic mass is 16.5. The van der Waals surface area contributed by atoms with E-state index in [-0.39, 0.29) is 6.10 Å². The number of azide groups is 1. The molecule has 0 aliphatic carbocycles. The van der Waals surface area contributed by atoms with Crippen LogP contribution in [0.2, 0.25) is 0 Å². The molecule has 4 rings (SSSR count). The lowest BCUT2D eigenvalue weighted by Crippen LogP contribution is -2.33. The van der Waals surface area contributed by atoms with Crippen molar-refractivity contribution in [2.24, 2.45) is 11.0 Å². The molecular formula is C27H30N4O. The van der Waals surface area contributed by atoms with Crippen molar-refractivity contribution in [3.05, 3.63) is 112 Å². The molecule has 0 bridgehead atoms. The zero-order chi connectivity index (χ0) is 22.0. The molecule has 32 heavy (non-hydrogen) atoms. The Morgan fingerprint density at radius 2 is 1.47 bits per heavy atom. The van der Waals surface area contributed by atoms with Gasteiger partial charge in [0.25, 0.3) is 0 Å². The molecule has 0 amide bonds. The van der Waals surface area contributed by atoms with E-state index in [1.807, 2.05) is 24.3 Å². The number of hydrogen-bond acceptors (Lipinski definition) is 3. The molecule has 1 saturated heterocycles. The second-order valence-corrected chi connectivity index (χ2v) is 8.44. The molecule has 1 heterocycles. The quantitative estimate of drug-likeness (QED) is 0.209. The van der Waals surface area contributed by atoms with Crippen LogP contribution in [-0.2, 0) is 11.3 Å². The van der Waals surface area contributed by atoms with Crippen molar-refractivity contribution in [2.45, 2.75) is 31.9 Å². The number of hydrogen-bond donors (Lipinski definition) is 0. The summed E-state index contributed by atoms with van der Waals surface area (Å²) in [6.07, 6.45) is 3.51. The highest BCUT2D eigenvalue weighted by Crippen LogP contribution is 2.28. The summed E-state index contributed by atoms with van der Waals surface area (Å²) in [7, 11) is 0. The van der Waals surface area contributed by atoms with Crippen LogP contribution in [0.25, 0.3) is 10.4 Å². The fourth-order valence-electron chi connectivity index (χ4n) is 4.40. The largest absolute Gasteiger partial charge is 0.369 e. The predicted molar refractivity (Wildman–Crippen MR) is 129 cm³/mol. The molecule has 5 heteroatoms. The Bertz CT molecular complexity index is 953. The normalized spacial score (nSPS) is 14.9. The molecule has 0 aromatic heterocycles. The van der Waals surface area contributed by atoms with Gasteiger partial charge in [-0.25, -0.2) is 0 Å². The number of benzene rings is 3. The molecule has 1 aliphatic heterocycles. The van der Waals surface area contributed by atoms with Crippen LogP contribution in [0, 0.1) is 5.92 Å². The van der Waals surface area contributed by atoms with E-state index in [1.165, 1.54) is 29.5 Å². The fourth-order valence-corrected chi connectivity index (χ4v) is 4.40. The molecular weight excluding hydrogens is 396 g/mol. The molecule has 0 radical (unpaired) electrons. The van der Waals surface area contributed by atoms with Gasteiger partial charge in [0, 0.05) is 23.8 Å². The number of rotatable bonds is 9. The van der Waals surface area contributed by atoms with E-state index in [0.29, 0.717) is 11.6 Å². The van der Waals surface area contributed by atoms with Crippen LogP contribution in [0.1, 0.15) is 42.1 Å². The number of likely N-dealkylation sites (tertiary alicyclic amines) is 1. The molecule has 3 aromatic rings. The Balaban J connectivity index is 1.24. The van der Waals surface area contributed by atoms with Crippen LogP contribution in [-0.4, -0.2) is 24.6 Å². The summed E-state index contributed by atoms with van der Waals surface area (Å²) in [5.74, 6) is 0.714. The van der Waals surface area contributed by atoms with Gasteiger partial charge in [0.15, 0.2) is 0 Å². The molecule has 0 N–H and O–H groups in total. The van der Waals surface area contributed by atoms with Crippen LogP contribution in [0.4, 0.5) is 5.69 Å². The summed E-state index contributed by atoms with van der Waals surface area (Å²) in [6.45, 7) is 3.96. The van der Waals surface area contributed by atoms with Crippen LogP contribution < -0.4 is 0 Å². The van der Waals surface area contributed by atoms with Gasteiger partial charge in [0.1, 0.15) is 6.10 Å². The summed E-state index contributed by atoms with van der Waals surface area (Å²) in [5, 5.41) is 3.64. The summed E-state index contributed by atoms with van der Waals surface area (Å²) in [5.41, 5.74) is 12.9. The maximum atomic E-state index is 8.52. The molecule has 1 aliphatic rings. The second kappa shape index (κ2) is 11.5. The van der Waals surface area contributed by atoms with Gasteiger partial charge in [0.2, 0.25) is 0 Å². The van der Waals surface area contributed by atoms with E-state index in [9.17, 15) is 0 Å². The first kappa shape index (κ1) is 22.1. The van der Waals surface area contributed by atoms with E-state index in [1.54, 1.807) is 0 Å². The zero-order valence-electron chi connectivity index (χ0n) is 18.4. The van der Waals surface area contributed by atoms with E-state index < -0.39 is 0 Å². The standard InChI is InChI=1S/C27H30N4O/c28-30-29-26-13-11-23(12-14-26)21-31-18-15-22(16-19-31)17-20-32-27(24-7-3-1-4-8-24)25-9-5-2-6-10-25/h1-14,22,27H,15-21H2. The maximum Gasteiger partial charge on any atom is 0.108 e. The second-order valence-electron chi connectivity index (χ2n) is 8.44. The van der Waals surface area contributed by atoms with Gasteiger partial charge in [-0.3, -0.25) is 4.90 Å². The first-order valence-corrected chi connectivity index (χ1v) is 11.4. The van der Waals surface area contributed by atoms with Gasteiger partial charge in [-0.1, -0.05) is 90.0 Å². The van der Waals surface area contributed by atoms with Crippen molar-refractivity contribution in [3.63, 3.8) is 0 Å². The lowest BCUT2D eigenvalue weighted by molar-refractivity contribution is 0.0596. The van der Waals surface area contributed by atoms with Gasteiger partial charge >= 0.3 is 0 Å². The zero-order valence-corrected chi connectivity index (χ0v) is 18.4. The van der Waals surface area contributed by atoms with E-state index in [2.05, 4.69) is 75.6 Å². The van der Waals surface area contributed by atoms with Crippen molar-refractivity contribution in [1.29, 1.82) is 0 Å². The Kier molecular flexibility index (Phi) is 7.94. The smallest absolute Gasteiger partial charge is 0.108 e. The summed E-state index contributed by atoms with van der Waals surface area (Å²) in [6, 6.07) is 28.9. The lowest BCUT2D eigenvalue weighted by atomic mass is 9.93. The van der Waals surface area contributed by atoms with Crippen molar-refractivity contribution in [3.8, 4) is 0 Å². The third kappa shape index (κ3) is 6.21. The Hall–Kier alpha value is -3.11. The minimum Gasteiger partial charge on any atom is -0.369 e. The SMILES string of the molecule is [N-]=[N+]=Nc1ccc(CN2CCC(CCOC(c3ccccc3)c3ccccc3)CC2)cc1. The highest BCUT2D eigenvalue weighted by Gasteiger charge is 2.20. The first-order valence-electron chi connectivity index (χ1n) is 11.4. The monoisotopic (exact) mass is 426 g/mol. The summed E-state index contributed by atoms with van der Waals surface area (Å²) >= 11 is 0. The van der Waals surface area contributed by atoms with Gasteiger partial charge in [-0.2, -0.15) is 0 Å². The van der Waals surface area contributed by atoms with Crippen LogP contribution in [0.15, 0.2) is 90.0 Å². The summed E-state index contributed by atoms with van der Waals surface area (Å²) < 4.78 is 6.42. The van der Waals surface area contributed by atoms with Crippen molar-refractivity contribution < 1.29 is 4.74 Å². The Morgan fingerprint density at radius 3 is 2.03 bits per heavy atom. The molecule has 5 nitrogen and oxygen atoms in total. The van der Waals surface area contributed by atoms with Crippen LogP contribution in [0.5, 0.6) is 0 Å². The van der Waals surface area contributed by atoms with Crippen molar-refractivity contribution >= 4 is 5.69 Å². The van der Waals surface area contributed by atoms with Gasteiger partial charge in [-0.15, -0.1) is 0 Å². The number of piperidine rings is 1. The topological polar surface area (TPSA) is 61.2 Å². The Morgan fingerprint density at radius 1 is 0.875 bits per heavy atom. The minimum absolute atomic E-state index is 0.00849. The minimum atomic E-state index is -0.00849. The van der Waals surface area contributed by atoms with E-state index in [4.69, 9.17) is 10.3 Å². The van der Waals surface area contributed by atoms with Gasteiger partial charge < -0.3 is 4.74 Å². The summed E-state index contributed by atoms with van der Waals surface area (Å²) in [4.78, 5) is 5.34. The molecule has 0 spiro atoms. The van der Waals surface area contributed by atoms with E-state index in [0.717, 1.165) is 32.7 Å². The third-order valence-corrected chi connectivity index (χ3v) is 6.23. The lowest BCUT2D eigenvalue weighted by Gasteiger charge is -2.32. The molecule has 1 fully saturated rings. The first-order chi connectivity index (χ1) is 15.8. The average Bonchev–Trinajstić information content (AvgIpc) is 2.85. The highest BCUT2D eigenvalue weighted by molar-refractivity contribution is 5.38. The van der Waals surface area contributed by atoms with Gasteiger partial charge in [0.05, 0.1) is 0 Å². The molecule has 0 atom stereocenters. The fraction of sp³-hybridized carbons (Fsp3) is 0.333.